The Balaban J connectivity index is 3.43. The lowest BCUT2D eigenvalue weighted by Gasteiger charge is -2.18. The van der Waals surface area contributed by atoms with Gasteiger partial charge in [-0.1, -0.05) is 6.07 Å². The van der Waals surface area contributed by atoms with Crippen LogP contribution in [-0.2, 0) is 15.4 Å². The highest BCUT2D eigenvalue weighted by Crippen LogP contribution is 2.24. The summed E-state index contributed by atoms with van der Waals surface area (Å²) in [5.74, 6) is -0.800. The van der Waals surface area contributed by atoms with E-state index in [0.29, 0.717) is 5.56 Å². The highest BCUT2D eigenvalue weighted by atomic mass is 32.2. The summed E-state index contributed by atoms with van der Waals surface area (Å²) in [5.41, 5.74) is -0.822. The molecule has 5 heteroatoms. The van der Waals surface area contributed by atoms with Crippen molar-refractivity contribution in [1.29, 1.82) is 0 Å². The first-order valence-corrected chi connectivity index (χ1v) is 6.24. The summed E-state index contributed by atoms with van der Waals surface area (Å²) in [4.78, 5) is -0.387. The predicted octanol–water partition coefficient (Wildman–Crippen LogP) is 1.46. The lowest BCUT2D eigenvalue weighted by atomic mass is 9.99. The van der Waals surface area contributed by atoms with Crippen LogP contribution >= 0.6 is 0 Å². The molecular weight excluding hydrogens is 219 g/mol. The molecule has 0 spiro atoms. The van der Waals surface area contributed by atoms with Crippen molar-refractivity contribution in [3.05, 3.63) is 29.6 Å². The second-order valence-electron chi connectivity index (χ2n) is 3.98. The first-order valence-electron chi connectivity index (χ1n) is 4.35. The van der Waals surface area contributed by atoms with E-state index in [2.05, 4.69) is 0 Å². The predicted molar refractivity (Wildman–Crippen MR) is 54.8 cm³/mol. The number of benzene rings is 1. The van der Waals surface area contributed by atoms with Crippen molar-refractivity contribution < 1.29 is 17.9 Å². The van der Waals surface area contributed by atoms with Gasteiger partial charge in [-0.3, -0.25) is 0 Å². The average Bonchev–Trinajstić information content (AvgIpc) is 2.00. The molecule has 0 heterocycles. The van der Waals surface area contributed by atoms with Crippen LogP contribution in [0.15, 0.2) is 23.1 Å². The number of hydrogen-bond donors (Lipinski definition) is 1. The topological polar surface area (TPSA) is 54.4 Å². The Hall–Kier alpha value is -0.940. The maximum Gasteiger partial charge on any atom is 0.178 e. The van der Waals surface area contributed by atoms with E-state index in [9.17, 15) is 17.9 Å². The highest BCUT2D eigenvalue weighted by Gasteiger charge is 2.21. The van der Waals surface area contributed by atoms with Gasteiger partial charge in [0.15, 0.2) is 9.84 Å². The van der Waals surface area contributed by atoms with E-state index in [1.165, 1.54) is 19.9 Å². The van der Waals surface area contributed by atoms with Crippen LogP contribution < -0.4 is 0 Å². The molecule has 0 saturated heterocycles. The van der Waals surface area contributed by atoms with Crippen LogP contribution in [0.5, 0.6) is 0 Å². The fourth-order valence-corrected chi connectivity index (χ4v) is 1.93. The third kappa shape index (κ3) is 2.76. The zero-order valence-corrected chi connectivity index (χ0v) is 9.60. The summed E-state index contributed by atoms with van der Waals surface area (Å²) in [6.07, 6.45) is 0.930. The smallest absolute Gasteiger partial charge is 0.178 e. The van der Waals surface area contributed by atoms with Crippen molar-refractivity contribution in [2.45, 2.75) is 24.3 Å². The van der Waals surface area contributed by atoms with Crippen molar-refractivity contribution in [3.8, 4) is 0 Å². The lowest BCUT2D eigenvalue weighted by molar-refractivity contribution is 0.0782. The van der Waals surface area contributed by atoms with E-state index in [-0.39, 0.29) is 4.90 Å². The second-order valence-corrected chi connectivity index (χ2v) is 5.96. The van der Waals surface area contributed by atoms with Crippen molar-refractivity contribution in [2.24, 2.45) is 0 Å². The van der Waals surface area contributed by atoms with E-state index >= 15 is 0 Å². The van der Waals surface area contributed by atoms with Gasteiger partial charge in [-0.15, -0.1) is 0 Å². The molecular formula is C10H13FO3S. The third-order valence-electron chi connectivity index (χ3n) is 2.04. The van der Waals surface area contributed by atoms with Gasteiger partial charge in [-0.25, -0.2) is 12.8 Å². The number of halogens is 1. The molecule has 0 saturated carbocycles. The number of rotatable bonds is 2. The average molecular weight is 232 g/mol. The molecule has 0 aromatic heterocycles. The molecule has 1 aromatic carbocycles. The molecule has 3 nitrogen and oxygen atoms in total. The highest BCUT2D eigenvalue weighted by molar-refractivity contribution is 7.90. The summed E-state index contributed by atoms with van der Waals surface area (Å²) in [5, 5.41) is 9.65. The van der Waals surface area contributed by atoms with E-state index in [1.54, 1.807) is 0 Å². The molecule has 15 heavy (non-hydrogen) atoms. The molecule has 0 radical (unpaired) electrons. The quantitative estimate of drug-likeness (QED) is 0.839. The van der Waals surface area contributed by atoms with E-state index in [1.807, 2.05) is 0 Å². The van der Waals surface area contributed by atoms with Crippen molar-refractivity contribution in [1.82, 2.24) is 0 Å². The summed E-state index contributed by atoms with van der Waals surface area (Å²) in [7, 11) is -3.60. The molecule has 0 atom stereocenters. The SMILES string of the molecule is CC(C)(O)c1ccc(F)c(S(C)(=O)=O)c1. The molecule has 0 fully saturated rings. The Morgan fingerprint density at radius 3 is 2.27 bits per heavy atom. The van der Waals surface area contributed by atoms with Crippen LogP contribution in [0.2, 0.25) is 0 Å². The van der Waals surface area contributed by atoms with Crippen LogP contribution in [0.3, 0.4) is 0 Å². The van der Waals surface area contributed by atoms with Gasteiger partial charge in [0, 0.05) is 6.26 Å². The molecule has 0 aliphatic heterocycles. The van der Waals surface area contributed by atoms with Gasteiger partial charge in [0.2, 0.25) is 0 Å². The Kier molecular flexibility index (Phi) is 2.89. The second kappa shape index (κ2) is 3.57. The maximum atomic E-state index is 13.2. The Morgan fingerprint density at radius 1 is 1.33 bits per heavy atom. The molecule has 0 aliphatic rings. The van der Waals surface area contributed by atoms with Crippen molar-refractivity contribution in [3.63, 3.8) is 0 Å². The fraction of sp³-hybridized carbons (Fsp3) is 0.400. The normalized spacial score (nSPS) is 12.9. The molecule has 1 N–H and O–H groups in total. The molecule has 0 amide bonds. The number of aliphatic hydroxyl groups is 1. The van der Waals surface area contributed by atoms with E-state index < -0.39 is 21.3 Å². The minimum atomic E-state index is -3.60. The maximum absolute atomic E-state index is 13.2. The molecule has 0 bridgehead atoms. The van der Waals surface area contributed by atoms with Crippen molar-refractivity contribution in [2.75, 3.05) is 6.26 Å². The molecule has 0 unspecified atom stereocenters. The van der Waals surface area contributed by atoms with Crippen LogP contribution in [0, 0.1) is 5.82 Å². The van der Waals surface area contributed by atoms with Gasteiger partial charge in [-0.2, -0.15) is 0 Å². The first kappa shape index (κ1) is 12.1. The zero-order valence-electron chi connectivity index (χ0n) is 8.78. The van der Waals surface area contributed by atoms with Crippen LogP contribution in [0.4, 0.5) is 4.39 Å². The lowest BCUT2D eigenvalue weighted by Crippen LogP contribution is -2.16. The molecule has 1 aromatic rings. The van der Waals surface area contributed by atoms with Gasteiger partial charge in [0.25, 0.3) is 0 Å². The van der Waals surface area contributed by atoms with E-state index in [4.69, 9.17) is 0 Å². The third-order valence-corrected chi connectivity index (χ3v) is 3.15. The monoisotopic (exact) mass is 232 g/mol. The number of hydrogen-bond acceptors (Lipinski definition) is 3. The van der Waals surface area contributed by atoms with Crippen LogP contribution in [-0.4, -0.2) is 19.8 Å². The Morgan fingerprint density at radius 2 is 1.87 bits per heavy atom. The minimum absolute atomic E-state index is 0.365. The minimum Gasteiger partial charge on any atom is -0.386 e. The van der Waals surface area contributed by atoms with E-state index in [0.717, 1.165) is 18.4 Å². The van der Waals surface area contributed by atoms with Gasteiger partial charge < -0.3 is 5.11 Å². The summed E-state index contributed by atoms with van der Waals surface area (Å²) in [6.45, 7) is 3.01. The van der Waals surface area contributed by atoms with Crippen LogP contribution in [0.1, 0.15) is 19.4 Å². The molecule has 84 valence electrons. The number of sulfone groups is 1. The fourth-order valence-electron chi connectivity index (χ4n) is 1.17. The van der Waals surface area contributed by atoms with Gasteiger partial charge in [0.05, 0.1) is 5.60 Å². The van der Waals surface area contributed by atoms with Crippen molar-refractivity contribution >= 4 is 9.84 Å². The van der Waals surface area contributed by atoms with Crippen LogP contribution in [0.25, 0.3) is 0 Å². The van der Waals surface area contributed by atoms with Gasteiger partial charge in [-0.05, 0) is 31.5 Å². The zero-order chi connectivity index (χ0) is 11.9. The Labute approximate surface area is 88.5 Å². The summed E-state index contributed by atoms with van der Waals surface area (Å²) in [6, 6.07) is 3.57. The standard InChI is InChI=1S/C10H13FO3S/c1-10(2,12)7-4-5-8(11)9(6-7)15(3,13)14/h4-6,12H,1-3H3. The first-order chi connectivity index (χ1) is 6.62. The van der Waals surface area contributed by atoms with Gasteiger partial charge >= 0.3 is 0 Å². The summed E-state index contributed by atoms with van der Waals surface area (Å²) < 4.78 is 35.6. The largest absolute Gasteiger partial charge is 0.386 e. The molecule has 1 rings (SSSR count). The Bertz CT molecular complexity index is 472. The molecule has 0 aliphatic carbocycles. The van der Waals surface area contributed by atoms with Gasteiger partial charge in [0.1, 0.15) is 10.7 Å². The summed E-state index contributed by atoms with van der Waals surface area (Å²) >= 11 is 0.